The first-order valence-corrected chi connectivity index (χ1v) is 5.72. The van der Waals surface area contributed by atoms with E-state index in [-0.39, 0.29) is 11.5 Å². The molecule has 0 spiro atoms. The minimum atomic E-state index is -0.647. The molecule has 0 amide bonds. The van der Waals surface area contributed by atoms with Gasteiger partial charge in [-0.25, -0.2) is 4.79 Å². The van der Waals surface area contributed by atoms with Crippen molar-refractivity contribution >= 4 is 6.08 Å². The molecule has 96 valence electrons. The molecule has 1 N–H and O–H groups in total. The molecule has 0 aromatic heterocycles. The Hall–Kier alpha value is -2.00. The number of ether oxygens (including phenoxy) is 2. The van der Waals surface area contributed by atoms with Crippen LogP contribution in [0.4, 0.5) is 0 Å². The van der Waals surface area contributed by atoms with Crippen LogP contribution in [0.15, 0.2) is 17.1 Å². The molecule has 1 aliphatic rings. The van der Waals surface area contributed by atoms with Gasteiger partial charge in [0.15, 0.2) is 11.5 Å². The summed E-state index contributed by atoms with van der Waals surface area (Å²) in [6.45, 7) is 0. The van der Waals surface area contributed by atoms with Crippen LogP contribution in [0.2, 0.25) is 0 Å². The molecule has 0 saturated heterocycles. The smallest absolute Gasteiger partial charge is 0.235 e. The van der Waals surface area contributed by atoms with Crippen molar-refractivity contribution in [2.24, 2.45) is 4.99 Å². The second-order valence-electron chi connectivity index (χ2n) is 4.29. The summed E-state index contributed by atoms with van der Waals surface area (Å²) in [5.74, 6) is 0.696. The van der Waals surface area contributed by atoms with Gasteiger partial charge in [0.2, 0.25) is 11.8 Å². The molecule has 1 saturated carbocycles. The molecule has 2 rings (SSSR count). The Kier molecular flexibility index (Phi) is 3.26. The summed E-state index contributed by atoms with van der Waals surface area (Å²) in [4.78, 5) is 14.4. The van der Waals surface area contributed by atoms with Crippen molar-refractivity contribution in [1.82, 2.24) is 0 Å². The number of isocyanates is 1. The van der Waals surface area contributed by atoms with Crippen LogP contribution in [0.1, 0.15) is 24.8 Å². The Morgan fingerprint density at radius 3 is 2.50 bits per heavy atom. The van der Waals surface area contributed by atoms with Gasteiger partial charge in [0, 0.05) is 5.56 Å². The first kappa shape index (κ1) is 12.5. The number of hydrogen-bond donors (Lipinski definition) is 1. The quantitative estimate of drug-likeness (QED) is 0.655. The van der Waals surface area contributed by atoms with Gasteiger partial charge >= 0.3 is 0 Å². The van der Waals surface area contributed by atoms with Crippen molar-refractivity contribution in [2.75, 3.05) is 14.2 Å². The van der Waals surface area contributed by atoms with E-state index in [1.165, 1.54) is 14.2 Å². The van der Waals surface area contributed by atoms with Gasteiger partial charge in [-0.05, 0) is 31.4 Å². The number of benzene rings is 1. The Morgan fingerprint density at radius 1 is 1.33 bits per heavy atom. The number of phenols is 1. The normalized spacial score (nSPS) is 16.3. The zero-order chi connectivity index (χ0) is 13.2. The molecule has 18 heavy (non-hydrogen) atoms. The average Bonchev–Trinajstić information content (AvgIpc) is 2.34. The first-order chi connectivity index (χ1) is 8.68. The third-order valence-electron chi connectivity index (χ3n) is 3.46. The van der Waals surface area contributed by atoms with Crippen LogP contribution in [-0.4, -0.2) is 25.4 Å². The highest BCUT2D eigenvalue weighted by Crippen LogP contribution is 2.51. The predicted octanol–water partition coefficient (Wildman–Crippen LogP) is 2.12. The van der Waals surface area contributed by atoms with Crippen molar-refractivity contribution in [3.8, 4) is 17.2 Å². The van der Waals surface area contributed by atoms with Gasteiger partial charge < -0.3 is 14.6 Å². The Labute approximate surface area is 105 Å². The lowest BCUT2D eigenvalue weighted by Crippen LogP contribution is -2.32. The summed E-state index contributed by atoms with van der Waals surface area (Å²) in [6.07, 6.45) is 4.02. The number of aromatic hydroxyl groups is 1. The van der Waals surface area contributed by atoms with Crippen molar-refractivity contribution in [3.05, 3.63) is 17.7 Å². The molecule has 0 heterocycles. The van der Waals surface area contributed by atoms with Gasteiger partial charge in [-0.1, -0.05) is 0 Å². The predicted molar refractivity (Wildman–Crippen MR) is 64.9 cm³/mol. The van der Waals surface area contributed by atoms with Crippen LogP contribution in [0.5, 0.6) is 17.2 Å². The van der Waals surface area contributed by atoms with E-state index in [1.54, 1.807) is 18.2 Å². The monoisotopic (exact) mass is 249 g/mol. The van der Waals surface area contributed by atoms with E-state index >= 15 is 0 Å². The third kappa shape index (κ3) is 1.73. The van der Waals surface area contributed by atoms with Crippen molar-refractivity contribution in [2.45, 2.75) is 24.8 Å². The van der Waals surface area contributed by atoms with E-state index in [2.05, 4.69) is 4.99 Å². The Balaban J connectivity index is 2.55. The van der Waals surface area contributed by atoms with Crippen LogP contribution in [0, 0.1) is 0 Å². The molecule has 0 bridgehead atoms. The molecule has 5 nitrogen and oxygen atoms in total. The second kappa shape index (κ2) is 4.70. The number of nitrogens with zero attached hydrogens (tertiary/aromatic N) is 1. The molecular formula is C13H15NO4. The number of carbonyl (C=O) groups excluding carboxylic acids is 1. The summed E-state index contributed by atoms with van der Waals surface area (Å²) in [5, 5.41) is 10.2. The van der Waals surface area contributed by atoms with Crippen LogP contribution in [-0.2, 0) is 10.3 Å². The van der Waals surface area contributed by atoms with E-state index in [4.69, 9.17) is 9.47 Å². The van der Waals surface area contributed by atoms with Crippen LogP contribution < -0.4 is 9.47 Å². The van der Waals surface area contributed by atoms with E-state index in [1.807, 2.05) is 0 Å². The Bertz CT molecular complexity index is 502. The maximum Gasteiger partial charge on any atom is 0.235 e. The lowest BCUT2D eigenvalue weighted by Gasteiger charge is -2.37. The zero-order valence-electron chi connectivity index (χ0n) is 10.4. The third-order valence-corrected chi connectivity index (χ3v) is 3.46. The van der Waals surface area contributed by atoms with Crippen LogP contribution in [0.3, 0.4) is 0 Å². The van der Waals surface area contributed by atoms with E-state index in [0.717, 1.165) is 19.3 Å². The molecule has 1 aromatic carbocycles. The zero-order valence-corrected chi connectivity index (χ0v) is 10.4. The summed E-state index contributed by atoms with van der Waals surface area (Å²) < 4.78 is 10.2. The Morgan fingerprint density at radius 2 is 2.06 bits per heavy atom. The number of hydrogen-bond acceptors (Lipinski definition) is 5. The highest BCUT2D eigenvalue weighted by Gasteiger charge is 2.42. The highest BCUT2D eigenvalue weighted by molar-refractivity contribution is 5.58. The number of aliphatic imine (C=N–C) groups is 1. The number of phenolic OH excluding ortho intramolecular Hbond substituents is 1. The SMILES string of the molecule is COc1ccc(C2(N=C=O)CCC2)c(O)c1OC. The summed E-state index contributed by atoms with van der Waals surface area (Å²) >= 11 is 0. The molecule has 1 aliphatic carbocycles. The summed E-state index contributed by atoms with van der Waals surface area (Å²) in [5.41, 5.74) is -0.0551. The minimum Gasteiger partial charge on any atom is -0.504 e. The number of rotatable bonds is 4. The van der Waals surface area contributed by atoms with Gasteiger partial charge in [-0.15, -0.1) is 0 Å². The molecule has 0 unspecified atom stereocenters. The van der Waals surface area contributed by atoms with Gasteiger partial charge in [0.05, 0.1) is 14.2 Å². The highest BCUT2D eigenvalue weighted by atomic mass is 16.5. The average molecular weight is 249 g/mol. The maximum atomic E-state index is 10.5. The van der Waals surface area contributed by atoms with Crippen molar-refractivity contribution < 1.29 is 19.4 Å². The van der Waals surface area contributed by atoms with Crippen molar-refractivity contribution in [3.63, 3.8) is 0 Å². The van der Waals surface area contributed by atoms with Gasteiger partial charge in [-0.3, -0.25) is 0 Å². The molecule has 0 radical (unpaired) electrons. The second-order valence-corrected chi connectivity index (χ2v) is 4.29. The van der Waals surface area contributed by atoms with E-state index in [9.17, 15) is 9.90 Å². The fourth-order valence-corrected chi connectivity index (χ4v) is 2.33. The maximum absolute atomic E-state index is 10.5. The van der Waals surface area contributed by atoms with Crippen LogP contribution in [0.25, 0.3) is 0 Å². The molecule has 0 aliphatic heterocycles. The standard InChI is InChI=1S/C13H15NO4/c1-17-10-5-4-9(11(16)12(10)18-2)13(14-8-15)6-3-7-13/h4-5,16H,3,6-7H2,1-2H3. The molecule has 5 heteroatoms. The van der Waals surface area contributed by atoms with Gasteiger partial charge in [-0.2, -0.15) is 4.99 Å². The minimum absolute atomic E-state index is 0.0180. The number of methoxy groups -OCH3 is 2. The van der Waals surface area contributed by atoms with Crippen molar-refractivity contribution in [1.29, 1.82) is 0 Å². The fourth-order valence-electron chi connectivity index (χ4n) is 2.33. The fraction of sp³-hybridized carbons (Fsp3) is 0.462. The molecule has 1 aromatic rings. The largest absolute Gasteiger partial charge is 0.504 e. The lowest BCUT2D eigenvalue weighted by molar-refractivity contribution is 0.243. The van der Waals surface area contributed by atoms with E-state index < -0.39 is 5.54 Å². The summed E-state index contributed by atoms with van der Waals surface area (Å²) in [6, 6.07) is 3.42. The molecule has 0 atom stereocenters. The first-order valence-electron chi connectivity index (χ1n) is 5.72. The lowest BCUT2D eigenvalue weighted by atomic mass is 9.72. The molecular weight excluding hydrogens is 234 g/mol. The van der Waals surface area contributed by atoms with Gasteiger partial charge in [0.1, 0.15) is 5.54 Å². The molecule has 1 fully saturated rings. The van der Waals surface area contributed by atoms with E-state index in [0.29, 0.717) is 11.3 Å². The summed E-state index contributed by atoms with van der Waals surface area (Å²) in [7, 11) is 2.96. The van der Waals surface area contributed by atoms with Crippen LogP contribution >= 0.6 is 0 Å². The topological polar surface area (TPSA) is 68.1 Å². The van der Waals surface area contributed by atoms with Gasteiger partial charge in [0.25, 0.3) is 0 Å².